The Morgan fingerprint density at radius 2 is 1.69 bits per heavy atom. The summed E-state index contributed by atoms with van der Waals surface area (Å²) in [6.07, 6.45) is 4.35. The Balaban J connectivity index is 0.000000324. The van der Waals surface area contributed by atoms with Gasteiger partial charge in [0.1, 0.15) is 30.0 Å². The normalized spacial score (nSPS) is 10.4. The Bertz CT molecular complexity index is 901. The zero-order valence-electron chi connectivity index (χ0n) is 18.9. The highest BCUT2D eigenvalue weighted by Crippen LogP contribution is 2.28. The first-order valence-electron chi connectivity index (χ1n) is 10.8. The molecule has 2 aromatic carbocycles. The monoisotopic (exact) mass is 683 g/mol. The van der Waals surface area contributed by atoms with Crippen LogP contribution in [0, 0.1) is 7.14 Å². The first-order chi connectivity index (χ1) is 15.0. The summed E-state index contributed by atoms with van der Waals surface area (Å²) in [7, 11) is 0. The highest BCUT2D eigenvalue weighted by Gasteiger charge is 2.09. The molecule has 0 spiro atoms. The molecule has 0 unspecified atom stereocenters. The topological polar surface area (TPSA) is 42.7 Å². The number of para-hydroxylation sites is 1. The first-order valence-corrected chi connectivity index (χ1v) is 12.9. The van der Waals surface area contributed by atoms with Gasteiger partial charge in [-0.3, -0.25) is 4.79 Å². The fourth-order valence-electron chi connectivity index (χ4n) is 3.11. The van der Waals surface area contributed by atoms with Gasteiger partial charge in [-0.25, -0.2) is 0 Å². The van der Waals surface area contributed by atoms with Crippen molar-refractivity contribution >= 4 is 74.8 Å². The largest absolute Gasteiger partial charge is 0.490 e. The Morgan fingerprint density at radius 1 is 1.03 bits per heavy atom. The number of carbonyl (C=O) groups is 1. The molecule has 3 aromatic rings. The van der Waals surface area contributed by atoms with Crippen molar-refractivity contribution in [1.29, 1.82) is 0 Å². The molecule has 32 heavy (non-hydrogen) atoms. The van der Waals surface area contributed by atoms with E-state index in [0.717, 1.165) is 56.6 Å². The van der Waals surface area contributed by atoms with E-state index in [9.17, 15) is 4.79 Å². The van der Waals surface area contributed by atoms with Crippen LogP contribution in [0.2, 0.25) is 0 Å². The van der Waals surface area contributed by atoms with E-state index in [2.05, 4.69) is 83.0 Å². The van der Waals surface area contributed by atoms with Crippen molar-refractivity contribution in [2.75, 3.05) is 26.2 Å². The van der Waals surface area contributed by atoms with Crippen molar-refractivity contribution in [1.82, 2.24) is 4.90 Å². The molecule has 0 aliphatic carbocycles. The maximum Gasteiger partial charge on any atom is 0.150 e. The van der Waals surface area contributed by atoms with E-state index in [4.69, 9.17) is 9.15 Å². The molecule has 1 aromatic heterocycles. The molecule has 0 fully saturated rings. The van der Waals surface area contributed by atoms with E-state index in [1.165, 1.54) is 18.2 Å². The van der Waals surface area contributed by atoms with Gasteiger partial charge >= 0.3 is 0 Å². The first kappa shape index (κ1) is 29.2. The third kappa shape index (κ3) is 9.19. The van der Waals surface area contributed by atoms with Gasteiger partial charge in [-0.1, -0.05) is 45.4 Å². The average Bonchev–Trinajstić information content (AvgIpc) is 3.20. The quantitative estimate of drug-likeness (QED) is 0.163. The summed E-state index contributed by atoms with van der Waals surface area (Å²) in [5.74, 6) is 2.00. The van der Waals surface area contributed by atoms with Gasteiger partial charge in [0, 0.05) is 23.9 Å². The van der Waals surface area contributed by atoms with Gasteiger partial charge in [0.25, 0.3) is 0 Å². The maximum absolute atomic E-state index is 10.7. The van der Waals surface area contributed by atoms with E-state index >= 15 is 0 Å². The lowest BCUT2D eigenvalue weighted by Gasteiger charge is -2.19. The molecule has 3 rings (SSSR count). The highest BCUT2D eigenvalue weighted by atomic mass is 127. The van der Waals surface area contributed by atoms with E-state index < -0.39 is 0 Å². The lowest BCUT2D eigenvalue weighted by molar-refractivity contribution is 0.112. The molecule has 4 nitrogen and oxygen atoms in total. The number of likely N-dealkylation sites (N-methyl/N-ethyl adjacent to an activating group) is 1. The molecule has 0 aliphatic heterocycles. The van der Waals surface area contributed by atoms with E-state index in [-0.39, 0.29) is 12.4 Å². The molecule has 0 atom stereocenters. The third-order valence-electron chi connectivity index (χ3n) is 4.96. The Labute approximate surface area is 225 Å². The Kier molecular flexibility index (Phi) is 14.5. The van der Waals surface area contributed by atoms with Crippen LogP contribution in [-0.2, 0) is 6.42 Å². The molecular formula is C25H32ClI2NO3. The van der Waals surface area contributed by atoms with Gasteiger partial charge in [0.2, 0.25) is 0 Å². The summed E-state index contributed by atoms with van der Waals surface area (Å²) in [6, 6.07) is 14.0. The van der Waals surface area contributed by atoms with Crippen molar-refractivity contribution in [2.24, 2.45) is 0 Å². The predicted molar refractivity (Wildman–Crippen MR) is 153 cm³/mol. The molecular weight excluding hydrogens is 652 g/mol. The third-order valence-corrected chi connectivity index (χ3v) is 6.56. The molecule has 0 saturated carbocycles. The molecule has 0 saturated heterocycles. The van der Waals surface area contributed by atoms with Gasteiger partial charge < -0.3 is 14.1 Å². The van der Waals surface area contributed by atoms with E-state index in [0.29, 0.717) is 12.2 Å². The fourth-order valence-corrected chi connectivity index (χ4v) is 5.24. The Morgan fingerprint density at radius 3 is 2.25 bits per heavy atom. The minimum Gasteiger partial charge on any atom is -0.490 e. The van der Waals surface area contributed by atoms with Crippen LogP contribution in [0.1, 0.15) is 49.7 Å². The summed E-state index contributed by atoms with van der Waals surface area (Å²) in [5, 5.41) is 1.22. The second-order valence-corrected chi connectivity index (χ2v) is 9.49. The molecule has 0 bridgehead atoms. The molecule has 7 heteroatoms. The standard InChI is InChI=1S/C13H17I2NO2.C12H14O.ClH/c1-3-16(4-2)5-6-18-13-11(14)7-10(9-17)8-12(13)15;1-2-3-7-11-9-10-6-4-5-8-12(10)13-11;/h7-9H,3-6H2,1-2H3;4-6,8-9H,2-3,7H2,1H3;1H. The maximum atomic E-state index is 10.7. The van der Waals surface area contributed by atoms with E-state index in [1.54, 1.807) is 0 Å². The van der Waals surface area contributed by atoms with Crippen LogP contribution in [0.3, 0.4) is 0 Å². The SMILES string of the molecule is CCCCc1cc2ccccc2o1.CCN(CC)CCOc1c(I)cc(C=O)cc1I.Cl. The number of fused-ring (bicyclic) bond motifs is 1. The summed E-state index contributed by atoms with van der Waals surface area (Å²) < 4.78 is 13.5. The van der Waals surface area contributed by atoms with Crippen molar-refractivity contribution in [2.45, 2.75) is 40.0 Å². The van der Waals surface area contributed by atoms with Crippen LogP contribution < -0.4 is 4.74 Å². The zero-order chi connectivity index (χ0) is 22.6. The van der Waals surface area contributed by atoms with Crippen LogP contribution in [-0.4, -0.2) is 37.4 Å². The number of aldehydes is 1. The number of ether oxygens (including phenoxy) is 1. The highest BCUT2D eigenvalue weighted by molar-refractivity contribution is 14.1. The molecule has 0 radical (unpaired) electrons. The molecule has 0 aliphatic rings. The van der Waals surface area contributed by atoms with Crippen LogP contribution in [0.5, 0.6) is 5.75 Å². The number of halogens is 3. The van der Waals surface area contributed by atoms with Gasteiger partial charge in [0.05, 0.1) is 7.14 Å². The molecule has 1 heterocycles. The van der Waals surface area contributed by atoms with Crippen molar-refractivity contribution in [3.8, 4) is 5.75 Å². The van der Waals surface area contributed by atoms with Crippen molar-refractivity contribution in [3.05, 3.63) is 60.9 Å². The summed E-state index contributed by atoms with van der Waals surface area (Å²) in [4.78, 5) is 13.1. The van der Waals surface area contributed by atoms with Crippen LogP contribution >= 0.6 is 57.6 Å². The van der Waals surface area contributed by atoms with Gasteiger partial charge in [-0.2, -0.15) is 0 Å². The van der Waals surface area contributed by atoms with Gasteiger partial charge in [-0.15, -0.1) is 12.4 Å². The average molecular weight is 684 g/mol. The number of rotatable bonds is 10. The molecule has 0 amide bonds. The molecule has 176 valence electrons. The number of aryl methyl sites for hydroxylation is 1. The second kappa shape index (κ2) is 15.9. The number of benzene rings is 2. The lowest BCUT2D eigenvalue weighted by Crippen LogP contribution is -2.28. The van der Waals surface area contributed by atoms with E-state index in [1.807, 2.05) is 30.3 Å². The number of unbranched alkanes of at least 4 members (excludes halogenated alkanes) is 1. The smallest absolute Gasteiger partial charge is 0.150 e. The number of hydrogen-bond acceptors (Lipinski definition) is 4. The van der Waals surface area contributed by atoms with Crippen molar-refractivity contribution in [3.63, 3.8) is 0 Å². The summed E-state index contributed by atoms with van der Waals surface area (Å²) >= 11 is 4.42. The van der Waals surface area contributed by atoms with Crippen LogP contribution in [0.15, 0.2) is 46.9 Å². The number of hydrogen-bond donors (Lipinski definition) is 0. The second-order valence-electron chi connectivity index (χ2n) is 7.16. The van der Waals surface area contributed by atoms with Gasteiger partial charge in [0.15, 0.2) is 0 Å². The number of furan rings is 1. The van der Waals surface area contributed by atoms with Gasteiger partial charge in [-0.05, 0) is 89.0 Å². The molecule has 0 N–H and O–H groups in total. The zero-order valence-corrected chi connectivity index (χ0v) is 24.0. The van der Waals surface area contributed by atoms with Crippen LogP contribution in [0.4, 0.5) is 0 Å². The number of carbonyl (C=O) groups excluding carboxylic acids is 1. The summed E-state index contributed by atoms with van der Waals surface area (Å²) in [6.45, 7) is 10.2. The lowest BCUT2D eigenvalue weighted by atomic mass is 10.2. The fraction of sp³-hybridized carbons (Fsp3) is 0.400. The predicted octanol–water partition coefficient (Wildman–Crippen LogP) is 7.63. The minimum absolute atomic E-state index is 0. The number of nitrogens with zero attached hydrogens (tertiary/aromatic N) is 1. The van der Waals surface area contributed by atoms with Crippen molar-refractivity contribution < 1.29 is 13.9 Å². The Hall–Kier alpha value is -0.840. The summed E-state index contributed by atoms with van der Waals surface area (Å²) in [5.41, 5.74) is 1.70. The minimum atomic E-state index is 0. The van der Waals surface area contributed by atoms with Crippen LogP contribution in [0.25, 0.3) is 11.0 Å².